The fourth-order valence-electron chi connectivity index (χ4n) is 2.25. The number of halogens is 3. The van der Waals surface area contributed by atoms with Gasteiger partial charge in [-0.05, 0) is 6.07 Å². The van der Waals surface area contributed by atoms with E-state index < -0.39 is 18.6 Å². The van der Waals surface area contributed by atoms with E-state index in [1.54, 1.807) is 24.3 Å². The molecule has 0 aliphatic rings. The van der Waals surface area contributed by atoms with Gasteiger partial charge >= 0.3 is 6.18 Å². The number of hydrogen-bond donors (Lipinski definition) is 1. The molecule has 0 saturated carbocycles. The van der Waals surface area contributed by atoms with Crippen molar-refractivity contribution in [2.24, 2.45) is 0 Å². The highest BCUT2D eigenvalue weighted by Crippen LogP contribution is 2.27. The summed E-state index contributed by atoms with van der Waals surface area (Å²) < 4.78 is 38.0. The zero-order chi connectivity index (χ0) is 17.7. The maximum atomic E-state index is 12.7. The number of benzene rings is 1. The molecule has 0 radical (unpaired) electrons. The molecule has 7 heteroatoms. The zero-order valence-corrected chi connectivity index (χ0v) is 12.8. The molecule has 0 fully saturated rings. The molecule has 126 valence electrons. The number of pyridine rings is 1. The Morgan fingerprint density at radius 1 is 1.25 bits per heavy atom. The summed E-state index contributed by atoms with van der Waals surface area (Å²) in [6.45, 7) is 1.78. The molecule has 0 spiro atoms. The Bertz CT molecular complexity index is 730. The molecule has 2 aromatic rings. The maximum absolute atomic E-state index is 12.7. The summed E-state index contributed by atoms with van der Waals surface area (Å²) in [4.78, 5) is 17.3. The topological polar surface area (TPSA) is 59.2 Å². The Hall–Kier alpha value is -2.83. The van der Waals surface area contributed by atoms with Crippen LogP contribution in [0, 0.1) is 0 Å². The molecular formula is C17H16F3N3O. The van der Waals surface area contributed by atoms with Crippen molar-refractivity contribution in [3.05, 3.63) is 60.8 Å². The highest BCUT2D eigenvalue weighted by molar-refractivity contribution is 6.01. The van der Waals surface area contributed by atoms with Gasteiger partial charge in [-0.2, -0.15) is 13.2 Å². The largest absolute Gasteiger partial charge is 0.406 e. The van der Waals surface area contributed by atoms with Crippen molar-refractivity contribution >= 4 is 11.6 Å². The first kappa shape index (κ1) is 17.5. The van der Waals surface area contributed by atoms with Crippen molar-refractivity contribution in [3.8, 4) is 11.3 Å². The molecule has 1 aromatic heterocycles. The van der Waals surface area contributed by atoms with Crippen molar-refractivity contribution in [1.29, 1.82) is 0 Å². The van der Waals surface area contributed by atoms with Gasteiger partial charge in [0.1, 0.15) is 6.54 Å². The Labute approximate surface area is 137 Å². The van der Waals surface area contributed by atoms with Crippen molar-refractivity contribution in [2.75, 3.05) is 18.8 Å². The molecule has 0 unspecified atom stereocenters. The van der Waals surface area contributed by atoms with Crippen LogP contribution in [0.25, 0.3) is 11.3 Å². The number of carbonyl (C=O) groups excluding carboxylic acids is 1. The zero-order valence-electron chi connectivity index (χ0n) is 12.8. The third-order valence-electron chi connectivity index (χ3n) is 3.27. The molecule has 2 N–H and O–H groups in total. The number of nitrogens with two attached hydrogens (primary N) is 1. The molecule has 0 aliphatic heterocycles. The monoisotopic (exact) mass is 335 g/mol. The highest BCUT2D eigenvalue weighted by Gasteiger charge is 2.33. The van der Waals surface area contributed by atoms with E-state index in [0.29, 0.717) is 16.2 Å². The van der Waals surface area contributed by atoms with Crippen LogP contribution in [0.15, 0.2) is 55.3 Å². The van der Waals surface area contributed by atoms with Crippen LogP contribution >= 0.6 is 0 Å². The summed E-state index contributed by atoms with van der Waals surface area (Å²) in [7, 11) is 0. The Morgan fingerprint density at radius 3 is 2.50 bits per heavy atom. The van der Waals surface area contributed by atoms with Gasteiger partial charge in [-0.25, -0.2) is 0 Å². The summed E-state index contributed by atoms with van der Waals surface area (Å²) >= 11 is 0. The molecule has 0 aliphatic carbocycles. The number of amides is 1. The molecule has 2 rings (SSSR count). The van der Waals surface area contributed by atoms with Gasteiger partial charge in [0.2, 0.25) is 0 Å². The summed E-state index contributed by atoms with van der Waals surface area (Å²) in [5.41, 5.74) is 7.05. The lowest BCUT2D eigenvalue weighted by molar-refractivity contribution is -0.139. The van der Waals surface area contributed by atoms with E-state index in [1.807, 2.05) is 6.07 Å². The van der Waals surface area contributed by atoms with Gasteiger partial charge in [0.25, 0.3) is 5.91 Å². The van der Waals surface area contributed by atoms with E-state index in [0.717, 1.165) is 0 Å². The fourth-order valence-corrected chi connectivity index (χ4v) is 2.25. The van der Waals surface area contributed by atoms with Gasteiger partial charge < -0.3 is 10.6 Å². The average molecular weight is 335 g/mol. The number of nitrogens with zero attached hydrogens (tertiary/aromatic N) is 2. The number of carbonyl (C=O) groups is 1. The Balaban J connectivity index is 2.40. The maximum Gasteiger partial charge on any atom is 0.406 e. The van der Waals surface area contributed by atoms with Gasteiger partial charge in [-0.3, -0.25) is 9.78 Å². The number of nitrogen functional groups attached to an aromatic ring is 1. The predicted molar refractivity (Wildman–Crippen MR) is 86.2 cm³/mol. The predicted octanol–water partition coefficient (Wildman–Crippen LogP) is 3.52. The number of aromatic nitrogens is 1. The van der Waals surface area contributed by atoms with Crippen LogP contribution < -0.4 is 5.73 Å². The highest BCUT2D eigenvalue weighted by atomic mass is 19.4. The van der Waals surface area contributed by atoms with Gasteiger partial charge in [0.05, 0.1) is 16.9 Å². The van der Waals surface area contributed by atoms with Crippen molar-refractivity contribution in [1.82, 2.24) is 9.88 Å². The van der Waals surface area contributed by atoms with Crippen LogP contribution in [0.5, 0.6) is 0 Å². The third kappa shape index (κ3) is 4.13. The average Bonchev–Trinajstić information content (AvgIpc) is 2.54. The van der Waals surface area contributed by atoms with Crippen LogP contribution in [-0.2, 0) is 0 Å². The first-order valence-electron chi connectivity index (χ1n) is 7.10. The minimum Gasteiger partial charge on any atom is -0.396 e. The molecule has 0 atom stereocenters. The number of hydrogen-bond acceptors (Lipinski definition) is 3. The standard InChI is InChI=1S/C17H16F3N3O/c1-2-10-23(11-17(18,19)20)16(24)13-8-9-22-15(14(13)21)12-6-4-3-5-7-12/h2-9H,1,10-11,21H2. The second-order valence-corrected chi connectivity index (χ2v) is 5.08. The molecule has 24 heavy (non-hydrogen) atoms. The van der Waals surface area contributed by atoms with Crippen LogP contribution in [0.3, 0.4) is 0 Å². The van der Waals surface area contributed by atoms with Crippen LogP contribution in [-0.4, -0.2) is 35.1 Å². The molecule has 4 nitrogen and oxygen atoms in total. The summed E-state index contributed by atoms with van der Waals surface area (Å²) in [5, 5.41) is 0. The Morgan fingerprint density at radius 2 is 1.92 bits per heavy atom. The lowest BCUT2D eigenvalue weighted by Crippen LogP contribution is -2.39. The number of rotatable bonds is 5. The minimum absolute atomic E-state index is 0.0186. The van der Waals surface area contributed by atoms with E-state index in [4.69, 9.17) is 5.73 Å². The molecular weight excluding hydrogens is 319 g/mol. The molecule has 1 heterocycles. The van der Waals surface area contributed by atoms with Gasteiger partial charge in [-0.1, -0.05) is 36.4 Å². The third-order valence-corrected chi connectivity index (χ3v) is 3.27. The normalized spacial score (nSPS) is 11.1. The lowest BCUT2D eigenvalue weighted by atomic mass is 10.1. The first-order valence-corrected chi connectivity index (χ1v) is 7.10. The summed E-state index contributed by atoms with van der Waals surface area (Å²) in [6.07, 6.45) is -1.92. The van der Waals surface area contributed by atoms with Gasteiger partial charge in [0.15, 0.2) is 0 Å². The lowest BCUT2D eigenvalue weighted by Gasteiger charge is -2.23. The second-order valence-electron chi connectivity index (χ2n) is 5.08. The van der Waals surface area contributed by atoms with Crippen molar-refractivity contribution in [3.63, 3.8) is 0 Å². The fraction of sp³-hybridized carbons (Fsp3) is 0.176. The second kappa shape index (κ2) is 7.16. The van der Waals surface area contributed by atoms with E-state index in [1.165, 1.54) is 18.3 Å². The van der Waals surface area contributed by atoms with E-state index in [-0.39, 0.29) is 17.8 Å². The van der Waals surface area contributed by atoms with E-state index in [2.05, 4.69) is 11.6 Å². The van der Waals surface area contributed by atoms with Gasteiger partial charge in [0, 0.05) is 18.3 Å². The number of anilines is 1. The Kier molecular flexibility index (Phi) is 5.23. The van der Waals surface area contributed by atoms with Crippen molar-refractivity contribution in [2.45, 2.75) is 6.18 Å². The molecule has 0 saturated heterocycles. The van der Waals surface area contributed by atoms with Crippen LogP contribution in [0.4, 0.5) is 18.9 Å². The first-order chi connectivity index (χ1) is 11.3. The molecule has 0 bridgehead atoms. The van der Waals surface area contributed by atoms with E-state index in [9.17, 15) is 18.0 Å². The number of alkyl halides is 3. The molecule has 1 aromatic carbocycles. The van der Waals surface area contributed by atoms with Crippen LogP contribution in [0.2, 0.25) is 0 Å². The van der Waals surface area contributed by atoms with Gasteiger partial charge in [-0.15, -0.1) is 6.58 Å². The quantitative estimate of drug-likeness (QED) is 0.851. The SMILES string of the molecule is C=CCN(CC(F)(F)F)C(=O)c1ccnc(-c2ccccc2)c1N. The summed E-state index contributed by atoms with van der Waals surface area (Å²) in [6, 6.07) is 10.2. The van der Waals surface area contributed by atoms with Crippen molar-refractivity contribution < 1.29 is 18.0 Å². The smallest absolute Gasteiger partial charge is 0.396 e. The minimum atomic E-state index is -4.51. The van der Waals surface area contributed by atoms with Crippen LogP contribution in [0.1, 0.15) is 10.4 Å². The summed E-state index contributed by atoms with van der Waals surface area (Å²) in [5.74, 6) is -0.815. The van der Waals surface area contributed by atoms with E-state index >= 15 is 0 Å². The molecule has 1 amide bonds.